The first kappa shape index (κ1) is 11.7. The molecule has 1 aromatic heterocycles. The number of hydrogen-bond acceptors (Lipinski definition) is 3. The van der Waals surface area contributed by atoms with Crippen molar-refractivity contribution < 1.29 is 4.79 Å². The monoisotopic (exact) mass is 231 g/mol. The largest absolute Gasteiger partial charge is 0.319 e. The second kappa shape index (κ2) is 4.43. The summed E-state index contributed by atoms with van der Waals surface area (Å²) < 4.78 is 0.628. The number of carbonyl (C=O) groups excluding carboxylic acids is 1. The Morgan fingerprint density at radius 3 is 2.43 bits per heavy atom. The molecule has 2 nitrogen and oxygen atoms in total. The summed E-state index contributed by atoms with van der Waals surface area (Å²) in [5, 5.41) is 0. The molecule has 0 unspecified atom stereocenters. The molecular weight excluding hydrogens is 218 g/mol. The Labute approximate surface area is 93.1 Å². The van der Waals surface area contributed by atoms with Crippen molar-refractivity contribution in [1.82, 2.24) is 0 Å². The molecular formula is C10H14ClNOS. The topological polar surface area (TPSA) is 43.1 Å². The minimum atomic E-state index is -0.728. The minimum absolute atomic E-state index is 0.000556. The van der Waals surface area contributed by atoms with Gasteiger partial charge in [0.15, 0.2) is 5.78 Å². The zero-order valence-electron chi connectivity index (χ0n) is 8.34. The highest BCUT2D eigenvalue weighted by atomic mass is 35.5. The summed E-state index contributed by atoms with van der Waals surface area (Å²) in [4.78, 5) is 12.6. The molecule has 0 bridgehead atoms. The van der Waals surface area contributed by atoms with E-state index in [1.54, 1.807) is 12.1 Å². The van der Waals surface area contributed by atoms with E-state index < -0.39 is 5.54 Å². The van der Waals surface area contributed by atoms with Crippen LogP contribution in [0.2, 0.25) is 4.34 Å². The Kier molecular flexibility index (Phi) is 3.70. The summed E-state index contributed by atoms with van der Waals surface area (Å²) in [6, 6.07) is 3.47. The molecule has 1 rings (SSSR count). The number of carbonyl (C=O) groups is 1. The minimum Gasteiger partial charge on any atom is -0.319 e. The van der Waals surface area contributed by atoms with Gasteiger partial charge < -0.3 is 5.73 Å². The van der Waals surface area contributed by atoms with Crippen LogP contribution in [0, 0.1) is 0 Å². The van der Waals surface area contributed by atoms with Crippen LogP contribution < -0.4 is 5.73 Å². The fourth-order valence-electron chi connectivity index (χ4n) is 1.25. The van der Waals surface area contributed by atoms with Crippen molar-refractivity contribution in [2.24, 2.45) is 5.73 Å². The molecule has 0 aliphatic heterocycles. The molecule has 0 saturated heterocycles. The lowest BCUT2D eigenvalue weighted by atomic mass is 9.88. The van der Waals surface area contributed by atoms with Crippen LogP contribution in [0.25, 0.3) is 0 Å². The SMILES string of the molecule is CCC(N)(CC)C(=O)c1ccc(Cl)s1. The predicted octanol–water partition coefficient (Wildman–Crippen LogP) is 3.10. The van der Waals surface area contributed by atoms with Crippen LogP contribution in [0.3, 0.4) is 0 Å². The van der Waals surface area contributed by atoms with Gasteiger partial charge in [-0.05, 0) is 25.0 Å². The van der Waals surface area contributed by atoms with Crippen LogP contribution in [-0.2, 0) is 0 Å². The molecule has 1 heterocycles. The van der Waals surface area contributed by atoms with Gasteiger partial charge >= 0.3 is 0 Å². The number of rotatable bonds is 4. The smallest absolute Gasteiger partial charge is 0.192 e. The van der Waals surface area contributed by atoms with Gasteiger partial charge in [-0.3, -0.25) is 4.79 Å². The van der Waals surface area contributed by atoms with Crippen LogP contribution >= 0.6 is 22.9 Å². The van der Waals surface area contributed by atoms with Gasteiger partial charge in [-0.15, -0.1) is 11.3 Å². The first-order valence-corrected chi connectivity index (χ1v) is 5.82. The van der Waals surface area contributed by atoms with Crippen LogP contribution in [0.1, 0.15) is 36.4 Å². The first-order valence-electron chi connectivity index (χ1n) is 4.62. The maximum absolute atomic E-state index is 12.0. The van der Waals surface area contributed by atoms with Crippen LogP contribution in [0.4, 0.5) is 0 Å². The molecule has 0 atom stereocenters. The van der Waals surface area contributed by atoms with Gasteiger partial charge in [-0.1, -0.05) is 25.4 Å². The third-order valence-corrected chi connectivity index (χ3v) is 3.74. The highest BCUT2D eigenvalue weighted by Crippen LogP contribution is 2.26. The molecule has 78 valence electrons. The predicted molar refractivity (Wildman–Crippen MR) is 61.2 cm³/mol. The Morgan fingerprint density at radius 2 is 2.07 bits per heavy atom. The summed E-state index contributed by atoms with van der Waals surface area (Å²) in [5.41, 5.74) is 5.27. The van der Waals surface area contributed by atoms with Crippen molar-refractivity contribution >= 4 is 28.7 Å². The van der Waals surface area contributed by atoms with Crippen LogP contribution in [-0.4, -0.2) is 11.3 Å². The third kappa shape index (κ3) is 2.16. The molecule has 0 saturated carbocycles. The van der Waals surface area contributed by atoms with E-state index in [4.69, 9.17) is 17.3 Å². The van der Waals surface area contributed by atoms with E-state index in [1.165, 1.54) is 11.3 Å². The average molecular weight is 232 g/mol. The van der Waals surface area contributed by atoms with Crippen LogP contribution in [0.15, 0.2) is 12.1 Å². The van der Waals surface area contributed by atoms with Crippen molar-refractivity contribution in [3.63, 3.8) is 0 Å². The summed E-state index contributed by atoms with van der Waals surface area (Å²) in [6.45, 7) is 3.85. The van der Waals surface area contributed by atoms with Gasteiger partial charge in [0.1, 0.15) is 0 Å². The van der Waals surface area contributed by atoms with Crippen molar-refractivity contribution in [3.8, 4) is 0 Å². The summed E-state index contributed by atoms with van der Waals surface area (Å²) in [5.74, 6) is -0.000556. The van der Waals surface area contributed by atoms with Gasteiger partial charge in [-0.25, -0.2) is 0 Å². The maximum Gasteiger partial charge on any atom is 0.192 e. The van der Waals surface area contributed by atoms with Gasteiger partial charge in [0.25, 0.3) is 0 Å². The zero-order chi connectivity index (χ0) is 10.8. The molecule has 0 fully saturated rings. The van der Waals surface area contributed by atoms with E-state index in [1.807, 2.05) is 13.8 Å². The molecule has 1 aromatic rings. The first-order chi connectivity index (χ1) is 6.53. The fraction of sp³-hybridized carbons (Fsp3) is 0.500. The fourth-order valence-corrected chi connectivity index (χ4v) is 2.34. The van der Waals surface area contributed by atoms with E-state index in [-0.39, 0.29) is 5.78 Å². The number of Topliss-reactive ketones (excluding diaryl/α,β-unsaturated/α-hetero) is 1. The van der Waals surface area contributed by atoms with Crippen molar-refractivity contribution in [3.05, 3.63) is 21.3 Å². The summed E-state index contributed by atoms with van der Waals surface area (Å²) >= 11 is 7.06. The highest BCUT2D eigenvalue weighted by Gasteiger charge is 2.31. The molecule has 0 aromatic carbocycles. The standard InChI is InChI=1S/C10H14ClNOS/c1-3-10(12,4-2)9(13)7-5-6-8(11)14-7/h5-6H,3-4,12H2,1-2H3. The van der Waals surface area contributed by atoms with E-state index in [2.05, 4.69) is 0 Å². The molecule has 0 aliphatic carbocycles. The number of hydrogen-bond donors (Lipinski definition) is 1. The lowest BCUT2D eigenvalue weighted by molar-refractivity contribution is 0.0884. The second-order valence-corrected chi connectivity index (χ2v) is 5.01. The number of halogens is 1. The Hall–Kier alpha value is -0.380. The van der Waals surface area contributed by atoms with E-state index >= 15 is 0 Å². The third-order valence-electron chi connectivity index (χ3n) is 2.51. The summed E-state index contributed by atoms with van der Waals surface area (Å²) in [6.07, 6.45) is 1.30. The molecule has 0 spiro atoms. The van der Waals surface area contributed by atoms with Gasteiger partial charge in [0.2, 0.25) is 0 Å². The normalized spacial score (nSPS) is 11.7. The highest BCUT2D eigenvalue weighted by molar-refractivity contribution is 7.18. The average Bonchev–Trinajstić information content (AvgIpc) is 2.62. The quantitative estimate of drug-likeness (QED) is 0.810. The lowest BCUT2D eigenvalue weighted by Gasteiger charge is -2.23. The van der Waals surface area contributed by atoms with E-state index in [9.17, 15) is 4.79 Å². The number of thiophene rings is 1. The zero-order valence-corrected chi connectivity index (χ0v) is 9.91. The Morgan fingerprint density at radius 1 is 1.50 bits per heavy atom. The Balaban J connectivity index is 2.94. The summed E-state index contributed by atoms with van der Waals surface area (Å²) in [7, 11) is 0. The van der Waals surface area contributed by atoms with Crippen molar-refractivity contribution in [1.29, 1.82) is 0 Å². The van der Waals surface area contributed by atoms with Crippen molar-refractivity contribution in [2.75, 3.05) is 0 Å². The maximum atomic E-state index is 12.0. The molecule has 4 heteroatoms. The van der Waals surface area contributed by atoms with E-state index in [0.29, 0.717) is 22.1 Å². The molecule has 0 aliphatic rings. The lowest BCUT2D eigenvalue weighted by Crippen LogP contribution is -2.46. The molecule has 0 amide bonds. The van der Waals surface area contributed by atoms with Crippen molar-refractivity contribution in [2.45, 2.75) is 32.2 Å². The van der Waals surface area contributed by atoms with Gasteiger partial charge in [0.05, 0.1) is 14.8 Å². The van der Waals surface area contributed by atoms with Gasteiger partial charge in [0, 0.05) is 0 Å². The van der Waals surface area contributed by atoms with Crippen LogP contribution in [0.5, 0.6) is 0 Å². The molecule has 14 heavy (non-hydrogen) atoms. The van der Waals surface area contributed by atoms with Gasteiger partial charge in [-0.2, -0.15) is 0 Å². The molecule has 2 N–H and O–H groups in total. The number of ketones is 1. The van der Waals surface area contributed by atoms with E-state index in [0.717, 1.165) is 0 Å². The molecule has 0 radical (unpaired) electrons. The number of nitrogens with two attached hydrogens (primary N) is 1. The second-order valence-electron chi connectivity index (χ2n) is 3.30. The Bertz CT molecular complexity index is 331.